The monoisotopic (exact) mass is 1690 g/mol. The summed E-state index contributed by atoms with van der Waals surface area (Å²) in [6, 6.07) is 78.1. The second-order valence-electron chi connectivity index (χ2n) is 31.6. The number of rotatable bonds is 22. The highest BCUT2D eigenvalue weighted by Crippen LogP contribution is 2.36. The van der Waals surface area contributed by atoms with Gasteiger partial charge in [0.25, 0.3) is 0 Å². The van der Waals surface area contributed by atoms with E-state index < -0.39 is 22.8 Å². The molecule has 21 nitrogen and oxygen atoms in total. The van der Waals surface area contributed by atoms with Crippen molar-refractivity contribution in [3.05, 3.63) is 309 Å². The average Bonchev–Trinajstić information content (AvgIpc) is 1.59. The fraction of sp³-hybridized carbons (Fsp3) is 0.283. The molecule has 1 unspecified atom stereocenters. The number of ether oxygens (including phenoxy) is 2. The van der Waals surface area contributed by atoms with Gasteiger partial charge in [0.2, 0.25) is 29.5 Å². The number of amides is 5. The number of carbonyl (C=O) groups excluding carboxylic acids is 5. The van der Waals surface area contributed by atoms with Crippen molar-refractivity contribution in [1.29, 1.82) is 10.5 Å². The number of anilines is 8. The molecule has 1 atom stereocenters. The molecule has 4 aliphatic rings. The maximum absolute atomic E-state index is 12.1. The predicted octanol–water partition coefficient (Wildman–Crippen LogP) is 19.3. The normalized spacial score (nSPS) is 13.7. The number of hydrogen-bond donors (Lipinski definition) is 5. The Morgan fingerprint density at radius 3 is 1.12 bits per heavy atom. The molecule has 0 bridgehead atoms. The van der Waals surface area contributed by atoms with Crippen LogP contribution in [0.4, 0.5) is 58.7 Å². The smallest absolute Gasteiger partial charge is 0.374 e. The highest BCUT2D eigenvalue weighted by molar-refractivity contribution is 7.89. The molecular formula is C99H103F3N12O9S. The van der Waals surface area contributed by atoms with Crippen LogP contribution >= 0.6 is 0 Å². The number of aromatic nitrogens is 2. The number of nitrogens with one attached hydrogen (secondary N) is 5. The Hall–Kier alpha value is -13.3. The van der Waals surface area contributed by atoms with Crippen molar-refractivity contribution in [2.75, 3.05) is 73.8 Å². The zero-order valence-corrected chi connectivity index (χ0v) is 71.4. The summed E-state index contributed by atoms with van der Waals surface area (Å²) in [5, 5.41) is 33.6. The van der Waals surface area contributed by atoms with Crippen molar-refractivity contribution >= 4 is 107 Å². The lowest BCUT2D eigenvalue weighted by atomic mass is 9.99. The van der Waals surface area contributed by atoms with Gasteiger partial charge in [-0.15, -0.1) is 13.2 Å². The average molecular weight is 1690 g/mol. The van der Waals surface area contributed by atoms with Crippen molar-refractivity contribution in [2.24, 2.45) is 0 Å². The molecule has 1 saturated heterocycles. The van der Waals surface area contributed by atoms with Crippen molar-refractivity contribution < 1.29 is 55.0 Å². The second kappa shape index (κ2) is 42.4. The van der Waals surface area contributed by atoms with Crippen LogP contribution in [0.1, 0.15) is 139 Å². The summed E-state index contributed by atoms with van der Waals surface area (Å²) in [4.78, 5) is 63.1. The highest BCUT2D eigenvalue weighted by atomic mass is 32.2. The number of nitriles is 2. The maximum atomic E-state index is 12.1. The predicted molar refractivity (Wildman–Crippen MR) is 485 cm³/mol. The molecule has 25 heteroatoms. The SMILES string of the molecule is CC(=O)Nc1ccc2c(c1)CCCN2Cc1ccc(C2CCCO2)cc1.CC(=O)Nc1ccc2c(c1)CCCN2Cc1ccc(CC#N)cc1.CC(=O)Nc1ccc2c(c1)CCN2Cc1ccc(CC#N)cc1.CC(=O)Nc1ccc2c(ccn2Cc2ccc(COC(F)(F)F)cc2)c1.CC(=O)Nc1ccc2c(ccn2Cc2ccc(CS(C)(=O)=O)cc2)c1. The number of carbonyl (C=O) groups is 5. The van der Waals surface area contributed by atoms with E-state index in [0.717, 1.165) is 169 Å². The van der Waals surface area contributed by atoms with Crippen molar-refractivity contribution in [1.82, 2.24) is 9.13 Å². The summed E-state index contributed by atoms with van der Waals surface area (Å²) in [5.74, 6) is -0.265. The van der Waals surface area contributed by atoms with Crippen molar-refractivity contribution in [3.63, 3.8) is 0 Å². The summed E-state index contributed by atoms with van der Waals surface area (Å²) in [5.41, 5.74) is 24.4. The summed E-state index contributed by atoms with van der Waals surface area (Å²) < 4.78 is 72.7. The molecule has 0 radical (unpaired) electrons. The highest BCUT2D eigenvalue weighted by Gasteiger charge is 2.29. The molecule has 0 saturated carbocycles. The minimum absolute atomic E-state index is 0.0241. The van der Waals surface area contributed by atoms with Gasteiger partial charge in [-0.3, -0.25) is 28.7 Å². The fourth-order valence-corrected chi connectivity index (χ4v) is 16.6. The Labute approximate surface area is 722 Å². The second-order valence-corrected chi connectivity index (χ2v) is 33.7. The van der Waals surface area contributed by atoms with Crippen molar-refractivity contribution in [2.45, 2.75) is 150 Å². The van der Waals surface area contributed by atoms with E-state index >= 15 is 0 Å². The Kier molecular flexibility index (Phi) is 30.8. The van der Waals surface area contributed by atoms with E-state index in [0.29, 0.717) is 31.5 Å². The van der Waals surface area contributed by atoms with Gasteiger partial charge in [0.05, 0.1) is 43.4 Å². The van der Waals surface area contributed by atoms with Crippen LogP contribution in [-0.2, 0) is 120 Å². The third kappa shape index (κ3) is 26.8. The van der Waals surface area contributed by atoms with Gasteiger partial charge in [-0.2, -0.15) is 10.5 Å². The molecule has 12 aromatic rings. The zero-order valence-electron chi connectivity index (χ0n) is 70.6. The number of nitrogens with zero attached hydrogens (tertiary/aromatic N) is 7. The molecule has 640 valence electrons. The molecule has 1 fully saturated rings. The van der Waals surface area contributed by atoms with Crippen LogP contribution in [0.5, 0.6) is 0 Å². The molecule has 0 spiro atoms. The minimum atomic E-state index is -4.63. The lowest BCUT2D eigenvalue weighted by molar-refractivity contribution is -0.330. The van der Waals surface area contributed by atoms with Crippen LogP contribution in [0.25, 0.3) is 21.8 Å². The van der Waals surface area contributed by atoms with Gasteiger partial charge >= 0.3 is 6.36 Å². The van der Waals surface area contributed by atoms with Crippen LogP contribution in [0.3, 0.4) is 0 Å². The number of aryl methyl sites for hydroxylation is 2. The molecule has 124 heavy (non-hydrogen) atoms. The number of alkyl halides is 3. The summed E-state index contributed by atoms with van der Waals surface area (Å²) in [7, 11) is -3.02. The Morgan fingerprint density at radius 1 is 0.419 bits per heavy atom. The van der Waals surface area contributed by atoms with E-state index in [-0.39, 0.29) is 41.4 Å². The lowest BCUT2D eigenvalue weighted by Crippen LogP contribution is -2.28. The lowest BCUT2D eigenvalue weighted by Gasteiger charge is -2.32. The summed E-state index contributed by atoms with van der Waals surface area (Å²) >= 11 is 0. The van der Waals surface area contributed by atoms with Gasteiger partial charge in [0.15, 0.2) is 9.84 Å². The molecular weight excluding hydrogens is 1590 g/mol. The topological polar surface area (TPSA) is 265 Å². The standard InChI is InChI=1S/C22H26N2O2.C20H21N3O.C19H17F3N2O2.C19H19N3O.C19H20N2O3S/c1-16(25)23-20-10-11-21-19(14-20)4-2-12-24(21)15-17-6-8-18(9-7-17)22-5-3-13-26-22;1-15(24)22-19-8-9-20-18(13-19)3-2-12-23(20)14-17-6-4-16(5-7-17)10-11-21;1-13(25)23-17-6-7-18-16(10-17)8-9-24(18)11-14-2-4-15(5-3-14)12-26-19(20,21)22;1-14(23)21-18-6-7-19-17(12-18)9-11-22(19)13-16-4-2-15(3-5-16)8-10-20;1-14(22)20-18-7-8-19-17(11-18)9-10-21(19)12-15-3-5-16(6-4-15)13-25(2,23)24/h6-11,14,22H,2-5,12-13,15H2,1H3,(H,23,25);4-9,13H,2-3,10,12,14H2,1H3,(H,22,24);2-10H,11-12H2,1H3,(H,23,25);2-7,12H,8-9,11,13H2,1H3,(H,21,23);3-11H,12-13H2,1-2H3,(H,20,22). The molecule has 16 rings (SSSR count). The number of sulfone groups is 1. The first-order valence-corrected chi connectivity index (χ1v) is 43.5. The minimum Gasteiger partial charge on any atom is -0.374 e. The van der Waals surface area contributed by atoms with Crippen LogP contribution in [0, 0.1) is 22.7 Å². The summed E-state index contributed by atoms with van der Waals surface area (Å²) in [6.45, 7) is 14.9. The molecule has 0 aliphatic carbocycles. The maximum Gasteiger partial charge on any atom is 0.522 e. The first-order chi connectivity index (χ1) is 59.6. The molecule has 2 aromatic heterocycles. The Bertz CT molecular complexity index is 5940. The van der Waals surface area contributed by atoms with E-state index in [4.69, 9.17) is 15.3 Å². The number of benzene rings is 10. The van der Waals surface area contributed by atoms with Gasteiger partial charge in [-0.1, -0.05) is 121 Å². The zero-order chi connectivity index (χ0) is 87.9. The largest absolute Gasteiger partial charge is 0.522 e. The van der Waals surface area contributed by atoms with E-state index in [1.807, 2.05) is 132 Å². The molecule has 6 heterocycles. The number of hydrogen-bond acceptors (Lipinski definition) is 14. The van der Waals surface area contributed by atoms with Gasteiger partial charge in [0.1, 0.15) is 0 Å². The third-order valence-corrected chi connectivity index (χ3v) is 22.3. The van der Waals surface area contributed by atoms with Crippen LogP contribution < -0.4 is 41.3 Å². The van der Waals surface area contributed by atoms with Crippen LogP contribution in [0.15, 0.2) is 237 Å². The molecule has 5 N–H and O–H groups in total. The van der Waals surface area contributed by atoms with Crippen LogP contribution in [-0.4, -0.2) is 85.9 Å². The first kappa shape index (κ1) is 89.9. The van der Waals surface area contributed by atoms with Gasteiger partial charge in [-0.25, -0.2) is 8.42 Å². The van der Waals surface area contributed by atoms with E-state index in [1.165, 1.54) is 90.0 Å². The van der Waals surface area contributed by atoms with Gasteiger partial charge in [-0.05, 0) is 220 Å². The number of halogens is 3. The Morgan fingerprint density at radius 2 is 0.758 bits per heavy atom. The van der Waals surface area contributed by atoms with Crippen LogP contribution in [0.2, 0.25) is 0 Å². The van der Waals surface area contributed by atoms with Crippen molar-refractivity contribution in [3.8, 4) is 12.1 Å². The molecule has 5 amide bonds. The quantitative estimate of drug-likeness (QED) is 0.0423. The Balaban J connectivity index is 0.000000141. The third-order valence-electron chi connectivity index (χ3n) is 21.4. The van der Waals surface area contributed by atoms with E-state index in [1.54, 1.807) is 31.2 Å². The first-order valence-electron chi connectivity index (χ1n) is 41.4. The number of fused-ring (bicyclic) bond motifs is 5. The fourth-order valence-electron chi connectivity index (χ4n) is 15.8. The van der Waals surface area contributed by atoms with Gasteiger partial charge < -0.3 is 55.2 Å². The van der Waals surface area contributed by atoms with E-state index in [9.17, 15) is 45.6 Å². The summed E-state index contributed by atoms with van der Waals surface area (Å²) in [6.07, 6.45) is 9.41. The van der Waals surface area contributed by atoms with E-state index in [2.05, 4.69) is 148 Å². The molecule has 4 aliphatic heterocycles. The molecule has 10 aromatic carbocycles. The van der Waals surface area contributed by atoms with Gasteiger partial charge in [0, 0.05) is 180 Å².